The molecule has 0 unspecified atom stereocenters. The highest BCUT2D eigenvalue weighted by Crippen LogP contribution is 2.24. The zero-order valence-electron chi connectivity index (χ0n) is 12.8. The summed E-state index contributed by atoms with van der Waals surface area (Å²) >= 11 is 0. The van der Waals surface area contributed by atoms with Gasteiger partial charge in [0.15, 0.2) is 0 Å². The summed E-state index contributed by atoms with van der Waals surface area (Å²) in [5.41, 5.74) is 5.16. The molecule has 3 rings (SSSR count). The van der Waals surface area contributed by atoms with Crippen LogP contribution in [0.15, 0.2) is 72.9 Å². The molecule has 0 N–H and O–H groups in total. The maximum atomic E-state index is 8.94. The maximum absolute atomic E-state index is 8.94. The highest BCUT2D eigenvalue weighted by molar-refractivity contribution is 5.69. The molecule has 0 radical (unpaired) electrons. The lowest BCUT2D eigenvalue weighted by molar-refractivity contribution is 1.20. The number of nitrogens with zero attached hydrogens (tertiary/aromatic N) is 2. The Kier molecular flexibility index (Phi) is 5.45. The highest BCUT2D eigenvalue weighted by Gasteiger charge is 2.04. The van der Waals surface area contributed by atoms with Crippen LogP contribution in [0.4, 0.5) is 0 Å². The summed E-state index contributed by atoms with van der Waals surface area (Å²) in [6.45, 7) is 3.96. The summed E-state index contributed by atoms with van der Waals surface area (Å²) in [4.78, 5) is 3.98. The predicted octanol–water partition coefficient (Wildman–Crippen LogP) is 4.92. The molecule has 0 bridgehead atoms. The minimum atomic E-state index is 0.747. The average Bonchev–Trinajstić information content (AvgIpc) is 2.57. The van der Waals surface area contributed by atoms with Gasteiger partial charge in [-0.1, -0.05) is 48.5 Å². The Morgan fingerprint density at radius 3 is 2.09 bits per heavy atom. The Morgan fingerprint density at radius 1 is 0.818 bits per heavy atom. The molecule has 1 aromatic heterocycles. The van der Waals surface area contributed by atoms with E-state index in [0.717, 1.165) is 27.9 Å². The summed E-state index contributed by atoms with van der Waals surface area (Å²) in [7, 11) is 0. The SMILES string of the molecule is Cc1c(C#N)cccc1-c1ccccc1.Cc1ccccn1. The Hall–Kier alpha value is -2.92. The van der Waals surface area contributed by atoms with E-state index in [1.165, 1.54) is 0 Å². The van der Waals surface area contributed by atoms with Crippen LogP contribution in [0.2, 0.25) is 0 Å². The number of hydrogen-bond donors (Lipinski definition) is 0. The van der Waals surface area contributed by atoms with Crippen LogP contribution in [0, 0.1) is 25.2 Å². The van der Waals surface area contributed by atoms with Gasteiger partial charge in [0, 0.05) is 11.9 Å². The lowest BCUT2D eigenvalue weighted by Gasteiger charge is -2.06. The molecule has 1 heterocycles. The second-order valence-electron chi connectivity index (χ2n) is 4.93. The van der Waals surface area contributed by atoms with Gasteiger partial charge in [-0.05, 0) is 48.7 Å². The quantitative estimate of drug-likeness (QED) is 0.636. The zero-order chi connectivity index (χ0) is 15.8. The second kappa shape index (κ2) is 7.75. The van der Waals surface area contributed by atoms with Crippen molar-refractivity contribution in [2.24, 2.45) is 0 Å². The number of hydrogen-bond acceptors (Lipinski definition) is 2. The van der Waals surface area contributed by atoms with E-state index in [-0.39, 0.29) is 0 Å². The minimum Gasteiger partial charge on any atom is -0.262 e. The topological polar surface area (TPSA) is 36.7 Å². The summed E-state index contributed by atoms with van der Waals surface area (Å²) in [5.74, 6) is 0. The van der Waals surface area contributed by atoms with E-state index in [9.17, 15) is 0 Å². The second-order valence-corrected chi connectivity index (χ2v) is 4.93. The van der Waals surface area contributed by atoms with Gasteiger partial charge in [-0.25, -0.2) is 0 Å². The van der Waals surface area contributed by atoms with Crippen molar-refractivity contribution in [2.45, 2.75) is 13.8 Å². The van der Waals surface area contributed by atoms with Crippen molar-refractivity contribution in [3.8, 4) is 17.2 Å². The molecule has 22 heavy (non-hydrogen) atoms. The van der Waals surface area contributed by atoms with E-state index in [1.807, 2.05) is 68.4 Å². The third-order valence-electron chi connectivity index (χ3n) is 3.35. The van der Waals surface area contributed by atoms with Crippen molar-refractivity contribution >= 4 is 0 Å². The van der Waals surface area contributed by atoms with Crippen LogP contribution in [0.3, 0.4) is 0 Å². The molecule has 3 aromatic rings. The van der Waals surface area contributed by atoms with Crippen molar-refractivity contribution in [2.75, 3.05) is 0 Å². The van der Waals surface area contributed by atoms with Gasteiger partial charge in [-0.2, -0.15) is 5.26 Å². The van der Waals surface area contributed by atoms with Crippen molar-refractivity contribution in [1.29, 1.82) is 5.26 Å². The number of benzene rings is 2. The lowest BCUT2D eigenvalue weighted by Crippen LogP contribution is -1.87. The van der Waals surface area contributed by atoms with E-state index in [4.69, 9.17) is 5.26 Å². The molecule has 0 aliphatic rings. The van der Waals surface area contributed by atoms with E-state index < -0.39 is 0 Å². The smallest absolute Gasteiger partial charge is 0.0994 e. The third kappa shape index (κ3) is 4.04. The first-order chi connectivity index (χ1) is 10.7. The fourth-order valence-corrected chi connectivity index (χ4v) is 2.14. The minimum absolute atomic E-state index is 0.747. The number of aryl methyl sites for hydroxylation is 1. The van der Waals surface area contributed by atoms with E-state index in [0.29, 0.717) is 0 Å². The van der Waals surface area contributed by atoms with Gasteiger partial charge in [-0.15, -0.1) is 0 Å². The van der Waals surface area contributed by atoms with Crippen molar-refractivity contribution in [3.05, 3.63) is 89.7 Å². The first-order valence-corrected chi connectivity index (χ1v) is 7.15. The molecule has 0 atom stereocenters. The van der Waals surface area contributed by atoms with Crippen molar-refractivity contribution in [1.82, 2.24) is 4.98 Å². The van der Waals surface area contributed by atoms with Gasteiger partial charge in [0.2, 0.25) is 0 Å². The molecule has 0 fully saturated rings. The van der Waals surface area contributed by atoms with Crippen LogP contribution in [-0.2, 0) is 0 Å². The summed E-state index contributed by atoms with van der Waals surface area (Å²) in [6, 6.07) is 24.0. The molecule has 0 saturated carbocycles. The fourth-order valence-electron chi connectivity index (χ4n) is 2.14. The van der Waals surface area contributed by atoms with Gasteiger partial charge in [0.1, 0.15) is 0 Å². The molecule has 0 saturated heterocycles. The number of pyridine rings is 1. The molecule has 108 valence electrons. The molecule has 2 aromatic carbocycles. The Bertz CT molecular complexity index is 757. The van der Waals surface area contributed by atoms with Crippen LogP contribution in [0.25, 0.3) is 11.1 Å². The summed E-state index contributed by atoms with van der Waals surface area (Å²) in [5, 5.41) is 8.94. The molecule has 0 spiro atoms. The summed E-state index contributed by atoms with van der Waals surface area (Å²) < 4.78 is 0. The number of aromatic nitrogens is 1. The molecule has 0 amide bonds. The predicted molar refractivity (Wildman–Crippen MR) is 90.3 cm³/mol. The Morgan fingerprint density at radius 2 is 1.55 bits per heavy atom. The number of rotatable bonds is 1. The van der Waals surface area contributed by atoms with E-state index in [1.54, 1.807) is 6.20 Å². The van der Waals surface area contributed by atoms with Crippen molar-refractivity contribution < 1.29 is 0 Å². The van der Waals surface area contributed by atoms with Gasteiger partial charge >= 0.3 is 0 Å². The summed E-state index contributed by atoms with van der Waals surface area (Å²) in [6.07, 6.45) is 1.79. The zero-order valence-corrected chi connectivity index (χ0v) is 12.8. The maximum Gasteiger partial charge on any atom is 0.0994 e. The van der Waals surface area contributed by atoms with Crippen LogP contribution in [0.5, 0.6) is 0 Å². The van der Waals surface area contributed by atoms with Crippen LogP contribution < -0.4 is 0 Å². The van der Waals surface area contributed by atoms with Gasteiger partial charge in [-0.3, -0.25) is 4.98 Å². The van der Waals surface area contributed by atoms with E-state index >= 15 is 0 Å². The lowest BCUT2D eigenvalue weighted by atomic mass is 9.97. The molecule has 2 nitrogen and oxygen atoms in total. The Labute approximate surface area is 131 Å². The van der Waals surface area contributed by atoms with Gasteiger partial charge < -0.3 is 0 Å². The molecular weight excluding hydrogens is 268 g/mol. The van der Waals surface area contributed by atoms with Crippen LogP contribution >= 0.6 is 0 Å². The van der Waals surface area contributed by atoms with Gasteiger partial charge in [0.25, 0.3) is 0 Å². The van der Waals surface area contributed by atoms with Gasteiger partial charge in [0.05, 0.1) is 11.6 Å². The Balaban J connectivity index is 0.000000211. The number of nitriles is 1. The molecular formula is C20H18N2. The average molecular weight is 286 g/mol. The largest absolute Gasteiger partial charge is 0.262 e. The standard InChI is InChI=1S/C14H11N.C6H7N/c1-11-13(10-15)8-5-9-14(11)12-6-3-2-4-7-12;1-6-4-2-3-5-7-6/h2-9H,1H3;2-5H,1H3. The first-order valence-electron chi connectivity index (χ1n) is 7.15. The molecule has 2 heteroatoms. The first kappa shape index (κ1) is 15.5. The third-order valence-corrected chi connectivity index (χ3v) is 3.35. The highest BCUT2D eigenvalue weighted by atomic mass is 14.6. The normalized spacial score (nSPS) is 9.32. The van der Waals surface area contributed by atoms with Crippen LogP contribution in [-0.4, -0.2) is 4.98 Å². The monoisotopic (exact) mass is 286 g/mol. The fraction of sp³-hybridized carbons (Fsp3) is 0.100. The van der Waals surface area contributed by atoms with E-state index in [2.05, 4.69) is 23.2 Å². The van der Waals surface area contributed by atoms with Crippen molar-refractivity contribution in [3.63, 3.8) is 0 Å². The molecule has 0 aliphatic heterocycles. The molecule has 0 aliphatic carbocycles. The van der Waals surface area contributed by atoms with Crippen LogP contribution in [0.1, 0.15) is 16.8 Å².